The Balaban J connectivity index is 1.41. The molecule has 1 amide bonds. The third-order valence-corrected chi connectivity index (χ3v) is 7.19. The second-order valence-corrected chi connectivity index (χ2v) is 10.0. The maximum absolute atomic E-state index is 13.0. The lowest BCUT2D eigenvalue weighted by Crippen LogP contribution is -2.43. The fourth-order valence-corrected chi connectivity index (χ4v) is 5.12. The number of amides is 1. The van der Waals surface area contributed by atoms with Gasteiger partial charge in [-0.3, -0.25) is 4.79 Å². The molecule has 0 bridgehead atoms. The number of carbonyl (C=O) groups excluding carboxylic acids is 1. The zero-order chi connectivity index (χ0) is 21.3. The van der Waals surface area contributed by atoms with Crippen molar-refractivity contribution in [1.82, 2.24) is 14.6 Å². The summed E-state index contributed by atoms with van der Waals surface area (Å²) in [7, 11) is -3.56. The first kappa shape index (κ1) is 20.9. The molecule has 0 radical (unpaired) electrons. The molecule has 1 aliphatic rings. The summed E-state index contributed by atoms with van der Waals surface area (Å²) in [6.07, 6.45) is 1.72. The third kappa shape index (κ3) is 4.53. The lowest BCUT2D eigenvalue weighted by Gasteiger charge is -2.32. The maximum atomic E-state index is 13.0. The van der Waals surface area contributed by atoms with Crippen molar-refractivity contribution < 1.29 is 13.2 Å². The van der Waals surface area contributed by atoms with Gasteiger partial charge in [-0.1, -0.05) is 35.4 Å². The number of fused-ring (bicyclic) bond motifs is 1. The molecule has 8 heteroatoms. The number of sulfonamides is 1. The molecule has 4 rings (SSSR count). The van der Waals surface area contributed by atoms with Gasteiger partial charge in [-0.05, 0) is 56.0 Å². The Hall–Kier alpha value is -2.35. The van der Waals surface area contributed by atoms with Crippen LogP contribution in [0, 0.1) is 12.8 Å². The molecule has 30 heavy (non-hydrogen) atoms. The monoisotopic (exact) mass is 445 g/mol. The first-order valence-corrected chi connectivity index (χ1v) is 11.8. The predicted molar refractivity (Wildman–Crippen MR) is 118 cm³/mol. The Morgan fingerprint density at radius 1 is 1.20 bits per heavy atom. The van der Waals surface area contributed by atoms with Crippen molar-refractivity contribution in [3.63, 3.8) is 0 Å². The molecule has 1 saturated heterocycles. The van der Waals surface area contributed by atoms with E-state index in [1.54, 1.807) is 41.3 Å². The third-order valence-electron chi connectivity index (χ3n) is 5.51. The quantitative estimate of drug-likeness (QED) is 0.623. The van der Waals surface area contributed by atoms with Crippen molar-refractivity contribution in [2.24, 2.45) is 5.92 Å². The summed E-state index contributed by atoms with van der Waals surface area (Å²) in [5, 5.41) is 1.55. The first-order valence-electron chi connectivity index (χ1n) is 9.96. The van der Waals surface area contributed by atoms with Crippen molar-refractivity contribution in [1.29, 1.82) is 0 Å². The van der Waals surface area contributed by atoms with Crippen LogP contribution in [-0.2, 0) is 10.0 Å². The molecule has 1 unspecified atom stereocenters. The maximum Gasteiger partial charge on any atom is 0.270 e. The number of nitrogens with one attached hydrogen (secondary N) is 2. The largest absolute Gasteiger partial charge is 0.350 e. The Bertz CT molecular complexity index is 1170. The average molecular weight is 446 g/mol. The van der Waals surface area contributed by atoms with Crippen LogP contribution in [0.15, 0.2) is 53.4 Å². The van der Waals surface area contributed by atoms with Gasteiger partial charge in [0.1, 0.15) is 5.69 Å². The summed E-state index contributed by atoms with van der Waals surface area (Å²) in [4.78, 5) is 18.2. The van der Waals surface area contributed by atoms with Crippen molar-refractivity contribution in [2.75, 3.05) is 19.6 Å². The smallest absolute Gasteiger partial charge is 0.270 e. The number of carbonyl (C=O) groups is 1. The SMILES string of the molecule is Cc1ccc(S(=O)(=O)NCC2CCCN(C(=O)c3cc4ccc(Cl)cc4[nH]3)C2)cc1. The van der Waals surface area contributed by atoms with E-state index in [1.165, 1.54) is 0 Å². The molecule has 1 aliphatic heterocycles. The van der Waals surface area contributed by atoms with Crippen LogP contribution in [0.5, 0.6) is 0 Å². The Morgan fingerprint density at radius 2 is 1.97 bits per heavy atom. The minimum Gasteiger partial charge on any atom is -0.350 e. The highest BCUT2D eigenvalue weighted by Gasteiger charge is 2.26. The molecule has 0 aliphatic carbocycles. The number of piperidine rings is 1. The number of halogens is 1. The molecule has 1 fully saturated rings. The number of rotatable bonds is 5. The molecule has 1 atom stereocenters. The summed E-state index contributed by atoms with van der Waals surface area (Å²) in [5.41, 5.74) is 2.35. The van der Waals surface area contributed by atoms with Gasteiger partial charge in [0.05, 0.1) is 4.90 Å². The number of hydrogen-bond donors (Lipinski definition) is 2. The van der Waals surface area contributed by atoms with Gasteiger partial charge in [-0.25, -0.2) is 13.1 Å². The molecule has 1 aromatic heterocycles. The van der Waals surface area contributed by atoms with Gasteiger partial charge < -0.3 is 9.88 Å². The molecule has 2 aromatic carbocycles. The highest BCUT2D eigenvalue weighted by Crippen LogP contribution is 2.23. The van der Waals surface area contributed by atoms with Gasteiger partial charge in [0.25, 0.3) is 5.91 Å². The summed E-state index contributed by atoms with van der Waals surface area (Å²) >= 11 is 6.03. The van der Waals surface area contributed by atoms with E-state index >= 15 is 0 Å². The molecule has 3 aromatic rings. The van der Waals surface area contributed by atoms with Crippen LogP contribution in [0.4, 0.5) is 0 Å². The normalized spacial score (nSPS) is 17.4. The lowest BCUT2D eigenvalue weighted by molar-refractivity contribution is 0.0671. The summed E-state index contributed by atoms with van der Waals surface area (Å²) in [6.45, 7) is 3.41. The van der Waals surface area contributed by atoms with Gasteiger partial charge >= 0.3 is 0 Å². The van der Waals surface area contributed by atoms with Crippen LogP contribution in [0.2, 0.25) is 5.02 Å². The van der Waals surface area contributed by atoms with E-state index < -0.39 is 10.0 Å². The summed E-state index contributed by atoms with van der Waals surface area (Å²) in [5.74, 6) is -0.00448. The van der Waals surface area contributed by atoms with Gasteiger partial charge in [0.2, 0.25) is 10.0 Å². The van der Waals surface area contributed by atoms with Gasteiger partial charge in [-0.2, -0.15) is 0 Å². The Morgan fingerprint density at radius 3 is 2.73 bits per heavy atom. The number of aromatic amines is 1. The van der Waals surface area contributed by atoms with Crippen LogP contribution in [0.1, 0.15) is 28.9 Å². The minimum absolute atomic E-state index is 0.0711. The fourth-order valence-electron chi connectivity index (χ4n) is 3.83. The predicted octanol–water partition coefficient (Wildman–Crippen LogP) is 3.96. The average Bonchev–Trinajstić information content (AvgIpc) is 3.15. The number of nitrogens with zero attached hydrogens (tertiary/aromatic N) is 1. The zero-order valence-corrected chi connectivity index (χ0v) is 18.3. The fraction of sp³-hybridized carbons (Fsp3) is 0.318. The van der Waals surface area contributed by atoms with E-state index in [0.29, 0.717) is 30.4 Å². The highest BCUT2D eigenvalue weighted by molar-refractivity contribution is 7.89. The molecular formula is C22H24ClN3O3S. The second-order valence-electron chi connectivity index (χ2n) is 7.84. The van der Waals surface area contributed by atoms with Gasteiger partial charge in [-0.15, -0.1) is 0 Å². The van der Waals surface area contributed by atoms with Crippen molar-refractivity contribution >= 4 is 38.4 Å². The number of aryl methyl sites for hydroxylation is 1. The van der Waals surface area contributed by atoms with Crippen LogP contribution >= 0.6 is 11.6 Å². The molecule has 0 saturated carbocycles. The Kier molecular flexibility index (Phi) is 5.86. The van der Waals surface area contributed by atoms with Gasteiger partial charge in [0.15, 0.2) is 0 Å². The lowest BCUT2D eigenvalue weighted by atomic mass is 9.98. The molecule has 158 valence electrons. The number of hydrogen-bond acceptors (Lipinski definition) is 3. The van der Waals surface area contributed by atoms with Crippen molar-refractivity contribution in [3.05, 3.63) is 64.8 Å². The van der Waals surface area contributed by atoms with E-state index in [2.05, 4.69) is 9.71 Å². The molecular weight excluding hydrogens is 422 g/mol. The molecule has 6 nitrogen and oxygen atoms in total. The minimum atomic E-state index is -3.56. The molecule has 2 N–H and O–H groups in total. The van der Waals surface area contributed by atoms with Crippen LogP contribution in [-0.4, -0.2) is 43.8 Å². The zero-order valence-electron chi connectivity index (χ0n) is 16.7. The number of benzene rings is 2. The first-order chi connectivity index (χ1) is 14.3. The van der Waals surface area contributed by atoms with E-state index in [9.17, 15) is 13.2 Å². The van der Waals surface area contributed by atoms with Crippen molar-refractivity contribution in [2.45, 2.75) is 24.7 Å². The second kappa shape index (κ2) is 8.41. The summed E-state index contributed by atoms with van der Waals surface area (Å²) in [6, 6.07) is 14.1. The number of likely N-dealkylation sites (tertiary alicyclic amines) is 1. The number of H-pyrrole nitrogens is 1. The van der Waals surface area contributed by atoms with Crippen LogP contribution in [0.25, 0.3) is 10.9 Å². The summed E-state index contributed by atoms with van der Waals surface area (Å²) < 4.78 is 27.8. The van der Waals surface area contributed by atoms with Gasteiger partial charge in [0, 0.05) is 35.6 Å². The highest BCUT2D eigenvalue weighted by atomic mass is 35.5. The standard InChI is InChI=1S/C22H24ClN3O3S/c1-15-4-8-19(9-5-15)30(28,29)24-13-16-3-2-10-26(14-16)22(27)21-11-17-6-7-18(23)12-20(17)25-21/h4-9,11-12,16,24-25H,2-3,10,13-14H2,1H3. The van der Waals surface area contributed by atoms with Crippen LogP contribution < -0.4 is 4.72 Å². The van der Waals surface area contributed by atoms with Crippen molar-refractivity contribution in [3.8, 4) is 0 Å². The van der Waals surface area contributed by atoms with E-state index in [4.69, 9.17) is 11.6 Å². The van der Waals surface area contributed by atoms with E-state index in [-0.39, 0.29) is 16.7 Å². The van der Waals surface area contributed by atoms with E-state index in [0.717, 1.165) is 29.3 Å². The van der Waals surface area contributed by atoms with Crippen LogP contribution in [0.3, 0.4) is 0 Å². The molecule has 2 heterocycles. The van der Waals surface area contributed by atoms with E-state index in [1.807, 2.05) is 19.1 Å². The molecule has 0 spiro atoms. The number of aromatic nitrogens is 1. The Labute approximate surface area is 181 Å². The topological polar surface area (TPSA) is 82.3 Å².